The smallest absolute Gasteiger partial charge is 0.233 e. The van der Waals surface area contributed by atoms with Crippen LogP contribution in [0, 0.1) is 0 Å². The number of hydrogen-bond donors (Lipinski definition) is 1. The molecule has 2 aromatic rings. The highest BCUT2D eigenvalue weighted by molar-refractivity contribution is 8.00. The van der Waals surface area contributed by atoms with E-state index in [9.17, 15) is 4.79 Å². The van der Waals surface area contributed by atoms with Gasteiger partial charge in [0.15, 0.2) is 11.5 Å². The Balaban J connectivity index is 1.58. The van der Waals surface area contributed by atoms with E-state index in [1.165, 1.54) is 11.8 Å². The van der Waals surface area contributed by atoms with Crippen molar-refractivity contribution in [3.8, 4) is 11.5 Å². The van der Waals surface area contributed by atoms with Gasteiger partial charge < -0.3 is 14.8 Å². The number of fused-ring (bicyclic) bond motifs is 1. The number of hydrogen-bond acceptors (Lipinski definition) is 4. The van der Waals surface area contributed by atoms with Crippen molar-refractivity contribution in [1.29, 1.82) is 0 Å². The second-order valence-electron chi connectivity index (χ2n) is 5.37. The molecule has 6 heteroatoms. The lowest BCUT2D eigenvalue weighted by molar-refractivity contribution is -0.120. The Morgan fingerprint density at radius 1 is 1.21 bits per heavy atom. The molecule has 0 saturated heterocycles. The van der Waals surface area contributed by atoms with Gasteiger partial charge in [-0.1, -0.05) is 23.7 Å². The molecule has 3 rings (SSSR count). The van der Waals surface area contributed by atoms with Crippen molar-refractivity contribution in [3.05, 3.63) is 53.1 Å². The molecule has 0 radical (unpaired) electrons. The standard InChI is InChI=1S/C18H18ClNO3S/c1-12(24-15-7-5-14(19)6-8-15)18(21)20-11-13-3-2-4-16-17(13)23-10-9-22-16/h2-8,12H,9-11H2,1H3,(H,20,21). The van der Waals surface area contributed by atoms with Crippen LogP contribution in [0.5, 0.6) is 11.5 Å². The third-order valence-electron chi connectivity index (χ3n) is 3.60. The van der Waals surface area contributed by atoms with Crippen molar-refractivity contribution in [3.63, 3.8) is 0 Å². The number of benzene rings is 2. The van der Waals surface area contributed by atoms with Crippen molar-refractivity contribution in [2.75, 3.05) is 13.2 Å². The lowest BCUT2D eigenvalue weighted by Crippen LogP contribution is -2.30. The summed E-state index contributed by atoms with van der Waals surface area (Å²) in [5, 5.41) is 3.44. The molecule has 1 heterocycles. The van der Waals surface area contributed by atoms with Crippen molar-refractivity contribution >= 4 is 29.3 Å². The van der Waals surface area contributed by atoms with Gasteiger partial charge in [0.1, 0.15) is 13.2 Å². The molecule has 2 aromatic carbocycles. The molecule has 0 bridgehead atoms. The van der Waals surface area contributed by atoms with E-state index >= 15 is 0 Å². The molecule has 1 N–H and O–H groups in total. The average Bonchev–Trinajstić information content (AvgIpc) is 2.61. The fourth-order valence-corrected chi connectivity index (χ4v) is 3.39. The monoisotopic (exact) mass is 363 g/mol. The van der Waals surface area contributed by atoms with Crippen molar-refractivity contribution in [1.82, 2.24) is 5.32 Å². The number of amides is 1. The van der Waals surface area contributed by atoms with E-state index in [-0.39, 0.29) is 11.2 Å². The van der Waals surface area contributed by atoms with Gasteiger partial charge in [0, 0.05) is 22.0 Å². The lowest BCUT2D eigenvalue weighted by atomic mass is 10.1. The van der Waals surface area contributed by atoms with Crippen molar-refractivity contribution in [2.24, 2.45) is 0 Å². The first-order valence-corrected chi connectivity index (χ1v) is 8.96. The quantitative estimate of drug-likeness (QED) is 0.818. The molecule has 0 spiro atoms. The molecule has 1 aliphatic rings. The minimum atomic E-state index is -0.206. The summed E-state index contributed by atoms with van der Waals surface area (Å²) in [6.45, 7) is 3.38. The van der Waals surface area contributed by atoms with Gasteiger partial charge in [-0.25, -0.2) is 0 Å². The van der Waals surface area contributed by atoms with Crippen molar-refractivity contribution in [2.45, 2.75) is 23.6 Å². The third-order valence-corrected chi connectivity index (χ3v) is 4.96. The lowest BCUT2D eigenvalue weighted by Gasteiger charge is -2.21. The predicted molar refractivity (Wildman–Crippen MR) is 96.0 cm³/mol. The Kier molecular flexibility index (Phi) is 5.53. The van der Waals surface area contributed by atoms with E-state index in [0.717, 1.165) is 22.0 Å². The second kappa shape index (κ2) is 7.81. The highest BCUT2D eigenvalue weighted by atomic mass is 35.5. The van der Waals surface area contributed by atoms with Crippen LogP contribution in [0.25, 0.3) is 0 Å². The summed E-state index contributed by atoms with van der Waals surface area (Å²) < 4.78 is 11.2. The van der Waals surface area contributed by atoms with E-state index in [2.05, 4.69) is 5.32 Å². The van der Waals surface area contributed by atoms with E-state index in [1.807, 2.05) is 49.4 Å². The summed E-state index contributed by atoms with van der Waals surface area (Å²) in [4.78, 5) is 13.3. The molecule has 0 aliphatic carbocycles. The Hall–Kier alpha value is -1.85. The van der Waals surface area contributed by atoms with Crippen LogP contribution in [0.3, 0.4) is 0 Å². The zero-order valence-electron chi connectivity index (χ0n) is 13.3. The molecular weight excluding hydrogens is 346 g/mol. The summed E-state index contributed by atoms with van der Waals surface area (Å²) in [6.07, 6.45) is 0. The minimum absolute atomic E-state index is 0.0238. The fraction of sp³-hybridized carbons (Fsp3) is 0.278. The molecule has 0 fully saturated rings. The van der Waals surface area contributed by atoms with E-state index in [4.69, 9.17) is 21.1 Å². The van der Waals surface area contributed by atoms with Crippen LogP contribution in [0.15, 0.2) is 47.4 Å². The SMILES string of the molecule is CC(Sc1ccc(Cl)cc1)C(=O)NCc1cccc2c1OCCO2. The third kappa shape index (κ3) is 4.16. The first-order chi connectivity index (χ1) is 11.6. The Bertz CT molecular complexity index is 721. The second-order valence-corrected chi connectivity index (χ2v) is 7.22. The predicted octanol–water partition coefficient (Wildman–Crippen LogP) is 3.91. The summed E-state index contributed by atoms with van der Waals surface area (Å²) >= 11 is 7.37. The van der Waals surface area contributed by atoms with Crippen LogP contribution in [0.1, 0.15) is 12.5 Å². The summed E-state index contributed by atoms with van der Waals surface area (Å²) in [6, 6.07) is 13.2. The highest BCUT2D eigenvalue weighted by Gasteiger charge is 2.18. The molecular formula is C18H18ClNO3S. The fourth-order valence-electron chi connectivity index (χ4n) is 2.37. The van der Waals surface area contributed by atoms with Crippen LogP contribution in [-0.4, -0.2) is 24.4 Å². The minimum Gasteiger partial charge on any atom is -0.486 e. The largest absolute Gasteiger partial charge is 0.486 e. The topological polar surface area (TPSA) is 47.6 Å². The number of carbonyl (C=O) groups is 1. The first kappa shape index (κ1) is 17.0. The zero-order valence-corrected chi connectivity index (χ0v) is 14.8. The van der Waals surface area contributed by atoms with Gasteiger partial charge in [-0.15, -0.1) is 11.8 Å². The van der Waals surface area contributed by atoms with Gasteiger partial charge in [-0.2, -0.15) is 0 Å². The van der Waals surface area contributed by atoms with Crippen LogP contribution in [-0.2, 0) is 11.3 Å². The number of halogens is 1. The maximum atomic E-state index is 12.3. The van der Waals surface area contributed by atoms with Crippen LogP contribution in [0.2, 0.25) is 5.02 Å². The molecule has 126 valence electrons. The number of para-hydroxylation sites is 1. The molecule has 1 amide bonds. The molecule has 24 heavy (non-hydrogen) atoms. The van der Waals surface area contributed by atoms with Crippen LogP contribution < -0.4 is 14.8 Å². The van der Waals surface area contributed by atoms with Crippen LogP contribution in [0.4, 0.5) is 0 Å². The van der Waals surface area contributed by atoms with Gasteiger partial charge >= 0.3 is 0 Å². The van der Waals surface area contributed by atoms with E-state index in [0.29, 0.717) is 24.8 Å². The Morgan fingerprint density at radius 2 is 1.96 bits per heavy atom. The number of nitrogens with one attached hydrogen (secondary N) is 1. The molecule has 1 aliphatic heterocycles. The molecule has 1 unspecified atom stereocenters. The molecule has 4 nitrogen and oxygen atoms in total. The molecule has 1 atom stereocenters. The van der Waals surface area contributed by atoms with Crippen molar-refractivity contribution < 1.29 is 14.3 Å². The normalized spacial score (nSPS) is 14.1. The Labute approximate surface area is 150 Å². The summed E-state index contributed by atoms with van der Waals surface area (Å²) in [5.74, 6) is 1.43. The van der Waals surface area contributed by atoms with Gasteiger partial charge in [-0.3, -0.25) is 4.79 Å². The number of ether oxygens (including phenoxy) is 2. The average molecular weight is 364 g/mol. The van der Waals surface area contributed by atoms with Gasteiger partial charge in [-0.05, 0) is 37.3 Å². The van der Waals surface area contributed by atoms with Gasteiger partial charge in [0.05, 0.1) is 5.25 Å². The summed E-state index contributed by atoms with van der Waals surface area (Å²) in [5.41, 5.74) is 0.921. The van der Waals surface area contributed by atoms with Gasteiger partial charge in [0.25, 0.3) is 0 Å². The number of thioether (sulfide) groups is 1. The molecule has 0 aromatic heterocycles. The number of carbonyl (C=O) groups excluding carboxylic acids is 1. The van der Waals surface area contributed by atoms with Gasteiger partial charge in [0.2, 0.25) is 5.91 Å². The molecule has 0 saturated carbocycles. The van der Waals surface area contributed by atoms with E-state index < -0.39 is 0 Å². The van der Waals surface area contributed by atoms with Crippen LogP contribution >= 0.6 is 23.4 Å². The maximum Gasteiger partial charge on any atom is 0.233 e. The zero-order chi connectivity index (χ0) is 16.9. The summed E-state index contributed by atoms with van der Waals surface area (Å²) in [7, 11) is 0. The first-order valence-electron chi connectivity index (χ1n) is 7.71. The maximum absolute atomic E-state index is 12.3. The number of rotatable bonds is 5. The van der Waals surface area contributed by atoms with E-state index in [1.54, 1.807) is 0 Å². The highest BCUT2D eigenvalue weighted by Crippen LogP contribution is 2.33. The Morgan fingerprint density at radius 3 is 2.75 bits per heavy atom.